The van der Waals surface area contributed by atoms with Gasteiger partial charge < -0.3 is 0 Å². The van der Waals surface area contributed by atoms with Gasteiger partial charge in [-0.15, -0.1) is 0 Å². The highest BCUT2D eigenvalue weighted by molar-refractivity contribution is 7.79. The van der Waals surface area contributed by atoms with Crippen LogP contribution in [-0.2, 0) is 0 Å². The molecule has 0 aliphatic carbocycles. The second kappa shape index (κ2) is 6.35. The van der Waals surface area contributed by atoms with E-state index in [0.717, 1.165) is 5.30 Å². The van der Waals surface area contributed by atoms with E-state index in [1.165, 1.54) is 10.6 Å². The minimum Gasteiger partial charge on any atom is -0.192 e. The number of hydrogen-bond acceptors (Lipinski definition) is 1. The maximum Gasteiger partial charge on any atom is 0.0991 e. The molecule has 0 heterocycles. The maximum absolute atomic E-state index is 9.13. The van der Waals surface area contributed by atoms with E-state index < -0.39 is 7.92 Å². The van der Waals surface area contributed by atoms with Crippen LogP contribution >= 0.6 is 7.92 Å². The highest BCUT2D eigenvalue weighted by Crippen LogP contribution is 2.32. The van der Waals surface area contributed by atoms with Crippen LogP contribution in [0.25, 0.3) is 0 Å². The lowest BCUT2D eigenvalue weighted by Gasteiger charge is -2.19. The van der Waals surface area contributed by atoms with Gasteiger partial charge in [0.25, 0.3) is 0 Å². The fourth-order valence-electron chi connectivity index (χ4n) is 2.23. The minimum atomic E-state index is -0.675. The summed E-state index contributed by atoms with van der Waals surface area (Å²) in [5.74, 6) is 0. The van der Waals surface area contributed by atoms with E-state index in [1.54, 1.807) is 6.07 Å². The molecule has 0 N–H and O–H groups in total. The molecule has 0 saturated heterocycles. The van der Waals surface area contributed by atoms with Crippen LogP contribution in [0, 0.1) is 17.4 Å². The van der Waals surface area contributed by atoms with Crippen LogP contribution in [0.1, 0.15) is 5.56 Å². The fourth-order valence-corrected chi connectivity index (χ4v) is 4.50. The van der Waals surface area contributed by atoms with Crippen molar-refractivity contribution in [3.05, 3.63) is 90.5 Å². The molecule has 21 heavy (non-hydrogen) atoms. The first-order valence-electron chi connectivity index (χ1n) is 6.70. The number of nitrogens with zero attached hydrogens (tertiary/aromatic N) is 1. The summed E-state index contributed by atoms with van der Waals surface area (Å²) in [5.41, 5.74) is 0.683. The van der Waals surface area contributed by atoms with Gasteiger partial charge in [-0.05, 0) is 42.0 Å². The number of benzene rings is 3. The summed E-state index contributed by atoms with van der Waals surface area (Å²) in [4.78, 5) is 0. The molecule has 0 spiro atoms. The Kier molecular flexibility index (Phi) is 4.10. The van der Waals surface area contributed by atoms with Crippen LogP contribution in [0.4, 0.5) is 0 Å². The van der Waals surface area contributed by atoms with Crippen LogP contribution in [0.3, 0.4) is 0 Å². The number of rotatable bonds is 3. The zero-order chi connectivity index (χ0) is 14.5. The molecule has 0 aromatic heterocycles. The van der Waals surface area contributed by atoms with Gasteiger partial charge in [0.2, 0.25) is 0 Å². The van der Waals surface area contributed by atoms with E-state index in [9.17, 15) is 0 Å². The first-order chi connectivity index (χ1) is 10.4. The lowest BCUT2D eigenvalue weighted by Crippen LogP contribution is -2.20. The zero-order valence-electron chi connectivity index (χ0n) is 11.4. The Labute approximate surface area is 126 Å². The minimum absolute atomic E-state index is 0.675. The van der Waals surface area contributed by atoms with Gasteiger partial charge in [-0.2, -0.15) is 5.26 Å². The Morgan fingerprint density at radius 3 is 1.90 bits per heavy atom. The largest absolute Gasteiger partial charge is 0.192 e. The van der Waals surface area contributed by atoms with Crippen LogP contribution in [-0.4, -0.2) is 0 Å². The van der Waals surface area contributed by atoms with Crippen molar-refractivity contribution in [3.63, 3.8) is 0 Å². The van der Waals surface area contributed by atoms with E-state index in [2.05, 4.69) is 60.7 Å². The van der Waals surface area contributed by atoms with E-state index in [4.69, 9.17) is 5.26 Å². The summed E-state index contributed by atoms with van der Waals surface area (Å²) in [6.07, 6.45) is 0. The SMILES string of the molecule is N#Cc1cc[c]c(P(c2ccccc2)c2ccccc2)c1. The summed E-state index contributed by atoms with van der Waals surface area (Å²) < 4.78 is 0. The van der Waals surface area contributed by atoms with Crippen molar-refractivity contribution in [2.45, 2.75) is 0 Å². The molecule has 3 rings (SSSR count). The Balaban J connectivity index is 2.15. The molecular weight excluding hydrogens is 273 g/mol. The molecule has 1 radical (unpaired) electrons. The van der Waals surface area contributed by atoms with Crippen molar-refractivity contribution in [2.24, 2.45) is 0 Å². The van der Waals surface area contributed by atoms with Gasteiger partial charge in [0.15, 0.2) is 0 Å². The summed E-state index contributed by atoms with van der Waals surface area (Å²) in [6, 6.07) is 32.0. The Hall–Kier alpha value is -2.42. The molecule has 0 aliphatic heterocycles. The second-order valence-corrected chi connectivity index (χ2v) is 6.77. The predicted octanol–water partition coefficient (Wildman–Crippen LogP) is 3.12. The van der Waals surface area contributed by atoms with Crippen molar-refractivity contribution < 1.29 is 0 Å². The third kappa shape index (κ3) is 3.02. The van der Waals surface area contributed by atoms with Crippen molar-refractivity contribution in [2.75, 3.05) is 0 Å². The van der Waals surface area contributed by atoms with Gasteiger partial charge in [-0.25, -0.2) is 0 Å². The van der Waals surface area contributed by atoms with Crippen LogP contribution < -0.4 is 15.9 Å². The third-order valence-corrected chi connectivity index (χ3v) is 5.55. The van der Waals surface area contributed by atoms with Crippen molar-refractivity contribution >= 4 is 23.8 Å². The topological polar surface area (TPSA) is 23.8 Å². The highest BCUT2D eigenvalue weighted by atomic mass is 31.1. The van der Waals surface area contributed by atoms with Crippen LogP contribution in [0.2, 0.25) is 0 Å². The van der Waals surface area contributed by atoms with Crippen molar-refractivity contribution in [1.82, 2.24) is 0 Å². The van der Waals surface area contributed by atoms with Gasteiger partial charge in [0.1, 0.15) is 0 Å². The number of hydrogen-bond donors (Lipinski definition) is 0. The van der Waals surface area contributed by atoms with E-state index >= 15 is 0 Å². The number of nitriles is 1. The first kappa shape index (κ1) is 13.6. The van der Waals surface area contributed by atoms with Gasteiger partial charge in [0, 0.05) is 0 Å². The molecule has 0 atom stereocenters. The predicted molar refractivity (Wildman–Crippen MR) is 88.7 cm³/mol. The Bertz CT molecular complexity index is 721. The standard InChI is InChI=1S/C19H13NP/c20-15-16-8-7-13-19(14-16)21(17-9-3-1-4-10-17)18-11-5-2-6-12-18/h1-12,14H. The normalized spacial score (nSPS) is 10.3. The lowest BCUT2D eigenvalue weighted by atomic mass is 10.2. The van der Waals surface area contributed by atoms with Gasteiger partial charge in [-0.3, -0.25) is 0 Å². The molecule has 0 fully saturated rings. The van der Waals surface area contributed by atoms with E-state index in [0.29, 0.717) is 5.56 Å². The summed E-state index contributed by atoms with van der Waals surface area (Å²) >= 11 is 0. The molecule has 0 bridgehead atoms. The van der Waals surface area contributed by atoms with Crippen LogP contribution in [0.15, 0.2) is 78.9 Å². The maximum atomic E-state index is 9.13. The monoisotopic (exact) mass is 286 g/mol. The van der Waals surface area contributed by atoms with Gasteiger partial charge >= 0.3 is 0 Å². The molecule has 3 aromatic carbocycles. The zero-order valence-corrected chi connectivity index (χ0v) is 12.3. The molecule has 0 unspecified atom stereocenters. The Morgan fingerprint density at radius 2 is 1.38 bits per heavy atom. The molecule has 0 amide bonds. The summed E-state index contributed by atoms with van der Waals surface area (Å²) in [7, 11) is -0.675. The fraction of sp³-hybridized carbons (Fsp3) is 0. The first-order valence-corrected chi connectivity index (χ1v) is 8.05. The smallest absolute Gasteiger partial charge is 0.0991 e. The van der Waals surface area contributed by atoms with Gasteiger partial charge in [0.05, 0.1) is 11.6 Å². The molecule has 1 nitrogen and oxygen atoms in total. The average molecular weight is 286 g/mol. The van der Waals surface area contributed by atoms with Crippen molar-refractivity contribution in [1.29, 1.82) is 5.26 Å². The molecule has 0 saturated carbocycles. The van der Waals surface area contributed by atoms with E-state index in [1.807, 2.05) is 24.3 Å². The summed E-state index contributed by atoms with van der Waals surface area (Å²) in [6.45, 7) is 0. The lowest BCUT2D eigenvalue weighted by molar-refractivity contribution is 1.49. The Morgan fingerprint density at radius 1 is 0.810 bits per heavy atom. The molecule has 0 aliphatic rings. The quantitative estimate of drug-likeness (QED) is 0.679. The highest BCUT2D eigenvalue weighted by Gasteiger charge is 2.16. The molecule has 3 aromatic rings. The summed E-state index contributed by atoms with van der Waals surface area (Å²) in [5, 5.41) is 12.8. The molecule has 99 valence electrons. The van der Waals surface area contributed by atoms with Crippen LogP contribution in [0.5, 0.6) is 0 Å². The van der Waals surface area contributed by atoms with Gasteiger partial charge in [-0.1, -0.05) is 66.7 Å². The van der Waals surface area contributed by atoms with Crippen molar-refractivity contribution in [3.8, 4) is 6.07 Å². The molecular formula is C19H13NP. The molecule has 2 heteroatoms. The second-order valence-electron chi connectivity index (χ2n) is 4.58. The average Bonchev–Trinajstić information content (AvgIpc) is 2.57. The third-order valence-electron chi connectivity index (χ3n) is 3.19. The van der Waals surface area contributed by atoms with E-state index in [-0.39, 0.29) is 0 Å².